The standard InChI is InChI=1S/C24H30N4O/c1-16-22(24(16,2)19-8-6-5-7-9-19)23(29)25-15-20(28(3)4)13-17-10-11-21-18(12-17)14-26-27-21/h5-12,14,16,20,22H,13,15H2,1-4H3,(H,25,29)(H,26,27). The molecule has 0 spiro atoms. The molecule has 1 amide bonds. The van der Waals surface area contributed by atoms with E-state index in [-0.39, 0.29) is 23.3 Å². The number of rotatable bonds is 7. The average Bonchev–Trinajstić information content (AvgIpc) is 3.05. The summed E-state index contributed by atoms with van der Waals surface area (Å²) in [6, 6.07) is 17.0. The van der Waals surface area contributed by atoms with Crippen molar-refractivity contribution in [2.75, 3.05) is 20.6 Å². The Balaban J connectivity index is 1.40. The molecule has 4 rings (SSSR count). The Bertz CT molecular complexity index is 996. The van der Waals surface area contributed by atoms with Crippen LogP contribution in [0.1, 0.15) is 25.0 Å². The number of likely N-dealkylation sites (N-methyl/N-ethyl adjacent to an activating group) is 1. The van der Waals surface area contributed by atoms with Crippen LogP contribution < -0.4 is 5.32 Å². The lowest BCUT2D eigenvalue weighted by molar-refractivity contribution is -0.123. The molecule has 0 saturated heterocycles. The summed E-state index contributed by atoms with van der Waals surface area (Å²) < 4.78 is 0. The van der Waals surface area contributed by atoms with Gasteiger partial charge in [0.05, 0.1) is 17.6 Å². The van der Waals surface area contributed by atoms with Gasteiger partial charge in [0.1, 0.15) is 0 Å². The Labute approximate surface area is 172 Å². The highest BCUT2D eigenvalue weighted by Gasteiger charge is 2.62. The maximum atomic E-state index is 13.0. The summed E-state index contributed by atoms with van der Waals surface area (Å²) in [5.41, 5.74) is 3.49. The number of aromatic amines is 1. The number of hydrogen-bond acceptors (Lipinski definition) is 3. The van der Waals surface area contributed by atoms with Crippen molar-refractivity contribution in [1.29, 1.82) is 0 Å². The van der Waals surface area contributed by atoms with E-state index in [1.807, 2.05) is 12.3 Å². The van der Waals surface area contributed by atoms with Crippen molar-refractivity contribution in [3.63, 3.8) is 0 Å². The Morgan fingerprint density at radius 2 is 2.00 bits per heavy atom. The van der Waals surface area contributed by atoms with Gasteiger partial charge in [0.2, 0.25) is 5.91 Å². The molecule has 4 unspecified atom stereocenters. The van der Waals surface area contributed by atoms with Gasteiger partial charge in [0.25, 0.3) is 0 Å². The largest absolute Gasteiger partial charge is 0.354 e. The second-order valence-corrected chi connectivity index (χ2v) is 8.77. The van der Waals surface area contributed by atoms with E-state index in [4.69, 9.17) is 0 Å². The third-order valence-corrected chi connectivity index (χ3v) is 6.88. The van der Waals surface area contributed by atoms with Gasteiger partial charge in [0.15, 0.2) is 0 Å². The zero-order valence-electron chi connectivity index (χ0n) is 17.6. The van der Waals surface area contributed by atoms with Crippen LogP contribution >= 0.6 is 0 Å². The highest BCUT2D eigenvalue weighted by molar-refractivity contribution is 5.85. The summed E-state index contributed by atoms with van der Waals surface area (Å²) in [5.74, 6) is 0.558. The Morgan fingerprint density at radius 1 is 1.24 bits per heavy atom. The predicted molar refractivity (Wildman–Crippen MR) is 117 cm³/mol. The summed E-state index contributed by atoms with van der Waals surface area (Å²) in [4.78, 5) is 15.2. The van der Waals surface area contributed by atoms with Crippen molar-refractivity contribution in [2.24, 2.45) is 11.8 Å². The van der Waals surface area contributed by atoms with Crippen LogP contribution in [0.15, 0.2) is 54.7 Å². The molecule has 2 N–H and O–H groups in total. The molecule has 1 fully saturated rings. The van der Waals surface area contributed by atoms with Gasteiger partial charge in [-0.1, -0.05) is 50.2 Å². The van der Waals surface area contributed by atoms with E-state index in [1.54, 1.807) is 0 Å². The quantitative estimate of drug-likeness (QED) is 0.650. The zero-order valence-corrected chi connectivity index (χ0v) is 17.6. The van der Waals surface area contributed by atoms with Crippen molar-refractivity contribution >= 4 is 16.8 Å². The second-order valence-electron chi connectivity index (χ2n) is 8.77. The average molecular weight is 391 g/mol. The molecule has 29 heavy (non-hydrogen) atoms. The highest BCUT2D eigenvalue weighted by Crippen LogP contribution is 2.59. The number of nitrogens with one attached hydrogen (secondary N) is 2. The summed E-state index contributed by atoms with van der Waals surface area (Å²) >= 11 is 0. The van der Waals surface area contributed by atoms with Crippen LogP contribution in [0.3, 0.4) is 0 Å². The van der Waals surface area contributed by atoms with Gasteiger partial charge in [-0.25, -0.2) is 0 Å². The van der Waals surface area contributed by atoms with Gasteiger partial charge in [-0.05, 0) is 49.7 Å². The molecule has 0 aliphatic heterocycles. The SMILES string of the molecule is CC1C(C(=O)NCC(Cc2ccc3[nH]ncc3c2)N(C)C)C1(C)c1ccccc1. The lowest BCUT2D eigenvalue weighted by Gasteiger charge is -2.25. The number of H-pyrrole nitrogens is 1. The minimum Gasteiger partial charge on any atom is -0.354 e. The molecule has 0 radical (unpaired) electrons. The van der Waals surface area contributed by atoms with Gasteiger partial charge in [-0.2, -0.15) is 5.10 Å². The summed E-state index contributed by atoms with van der Waals surface area (Å²) in [6.45, 7) is 5.03. The molecule has 3 aromatic rings. The lowest BCUT2D eigenvalue weighted by atomic mass is 9.94. The van der Waals surface area contributed by atoms with Crippen LogP contribution in [-0.2, 0) is 16.6 Å². The first-order valence-corrected chi connectivity index (χ1v) is 10.3. The first-order valence-electron chi connectivity index (χ1n) is 10.3. The zero-order chi connectivity index (χ0) is 20.6. The third kappa shape index (κ3) is 3.67. The van der Waals surface area contributed by atoms with Crippen molar-refractivity contribution in [2.45, 2.75) is 31.7 Å². The number of aromatic nitrogens is 2. The normalized spacial score (nSPS) is 24.6. The third-order valence-electron chi connectivity index (χ3n) is 6.88. The van der Waals surface area contributed by atoms with E-state index in [9.17, 15) is 4.79 Å². The maximum absolute atomic E-state index is 13.0. The van der Waals surface area contributed by atoms with E-state index >= 15 is 0 Å². The van der Waals surface area contributed by atoms with Gasteiger partial charge in [0, 0.05) is 23.4 Å². The summed E-state index contributed by atoms with van der Waals surface area (Å²) in [6.07, 6.45) is 2.73. The molecule has 0 bridgehead atoms. The van der Waals surface area contributed by atoms with Gasteiger partial charge in [-0.3, -0.25) is 9.89 Å². The van der Waals surface area contributed by atoms with E-state index in [1.165, 1.54) is 11.1 Å². The fourth-order valence-electron chi connectivity index (χ4n) is 4.62. The molecule has 2 aromatic carbocycles. The Morgan fingerprint density at radius 3 is 2.72 bits per heavy atom. The molecule has 5 nitrogen and oxygen atoms in total. The van der Waals surface area contributed by atoms with Crippen molar-refractivity contribution in [3.05, 3.63) is 65.9 Å². The van der Waals surface area contributed by atoms with Gasteiger partial charge >= 0.3 is 0 Å². The number of amides is 1. The fraction of sp³-hybridized carbons (Fsp3) is 0.417. The van der Waals surface area contributed by atoms with Crippen LogP contribution in [-0.4, -0.2) is 47.7 Å². The summed E-state index contributed by atoms with van der Waals surface area (Å²) in [5, 5.41) is 11.4. The monoisotopic (exact) mass is 390 g/mol. The number of hydrogen-bond donors (Lipinski definition) is 2. The molecule has 5 heteroatoms. The van der Waals surface area contributed by atoms with Gasteiger partial charge < -0.3 is 10.2 Å². The number of fused-ring (bicyclic) bond motifs is 1. The molecule has 1 heterocycles. The number of benzene rings is 2. The van der Waals surface area contributed by atoms with E-state index < -0.39 is 0 Å². The van der Waals surface area contributed by atoms with Crippen LogP contribution in [0, 0.1) is 11.8 Å². The Hall–Kier alpha value is -2.66. The first kappa shape index (κ1) is 19.6. The molecular weight excluding hydrogens is 360 g/mol. The number of nitrogens with zero attached hydrogens (tertiary/aromatic N) is 2. The first-order chi connectivity index (χ1) is 13.9. The molecular formula is C24H30N4O. The second kappa shape index (κ2) is 7.64. The van der Waals surface area contributed by atoms with Crippen molar-refractivity contribution in [3.8, 4) is 0 Å². The molecule has 1 aromatic heterocycles. The topological polar surface area (TPSA) is 61.0 Å². The molecule has 4 atom stereocenters. The van der Waals surface area contributed by atoms with Crippen LogP contribution in [0.2, 0.25) is 0 Å². The van der Waals surface area contributed by atoms with Crippen LogP contribution in [0.4, 0.5) is 0 Å². The van der Waals surface area contributed by atoms with E-state index in [2.05, 4.69) is 90.8 Å². The smallest absolute Gasteiger partial charge is 0.224 e. The lowest BCUT2D eigenvalue weighted by Crippen LogP contribution is -2.42. The highest BCUT2D eigenvalue weighted by atomic mass is 16.2. The minimum atomic E-state index is -0.0642. The number of carbonyl (C=O) groups excluding carboxylic acids is 1. The van der Waals surface area contributed by atoms with Crippen molar-refractivity contribution < 1.29 is 4.79 Å². The molecule has 1 aliphatic rings. The molecule has 152 valence electrons. The Kier molecular flexibility index (Phi) is 5.17. The fourth-order valence-corrected chi connectivity index (χ4v) is 4.62. The van der Waals surface area contributed by atoms with Gasteiger partial charge in [-0.15, -0.1) is 0 Å². The maximum Gasteiger partial charge on any atom is 0.224 e. The number of carbonyl (C=O) groups is 1. The van der Waals surface area contributed by atoms with E-state index in [0.29, 0.717) is 12.5 Å². The van der Waals surface area contributed by atoms with Crippen LogP contribution in [0.5, 0.6) is 0 Å². The minimum absolute atomic E-state index is 0.0370. The summed E-state index contributed by atoms with van der Waals surface area (Å²) in [7, 11) is 4.14. The van der Waals surface area contributed by atoms with Crippen molar-refractivity contribution in [1.82, 2.24) is 20.4 Å². The molecule has 1 aliphatic carbocycles. The predicted octanol–water partition coefficient (Wildman–Crippen LogP) is 3.38. The van der Waals surface area contributed by atoms with Crippen LogP contribution in [0.25, 0.3) is 10.9 Å². The van der Waals surface area contributed by atoms with E-state index in [0.717, 1.165) is 17.3 Å². The molecule has 1 saturated carbocycles.